The second-order valence-electron chi connectivity index (χ2n) is 3.73. The fraction of sp³-hybridized carbons (Fsp3) is 0.800. The van der Waals surface area contributed by atoms with Crippen molar-refractivity contribution in [3.63, 3.8) is 0 Å². The van der Waals surface area contributed by atoms with Gasteiger partial charge in [-0.3, -0.25) is 0 Å². The molecule has 3 heteroatoms. The van der Waals surface area contributed by atoms with Crippen molar-refractivity contribution >= 4 is 8.56 Å². The summed E-state index contributed by atoms with van der Waals surface area (Å²) in [5.41, 5.74) is 0. The first-order valence-corrected chi connectivity index (χ1v) is 6.78. The molecular weight excluding hydrogens is 180 g/mol. The normalized spacial score (nSPS) is 13.9. The van der Waals surface area contributed by atoms with Crippen LogP contribution in [0, 0.1) is 5.92 Å². The van der Waals surface area contributed by atoms with E-state index in [2.05, 4.69) is 26.8 Å². The molecule has 0 aliphatic rings. The predicted molar refractivity (Wildman–Crippen MR) is 58.8 cm³/mol. The maximum Gasteiger partial charge on any atom is 0.367 e. The molecule has 0 aliphatic carbocycles. The SMILES string of the molecule is C/C=C(/C)[Si](CC(C)C)(OC)OC. The molecule has 0 aliphatic heterocycles. The molecule has 0 unspecified atom stereocenters. The van der Waals surface area contributed by atoms with Crippen LogP contribution in [0.25, 0.3) is 0 Å². The van der Waals surface area contributed by atoms with Gasteiger partial charge >= 0.3 is 8.56 Å². The molecule has 0 bridgehead atoms. The Hall–Kier alpha value is -0.123. The summed E-state index contributed by atoms with van der Waals surface area (Å²) in [7, 11) is 1.46. The highest BCUT2D eigenvalue weighted by Crippen LogP contribution is 2.25. The Morgan fingerprint density at radius 3 is 2.00 bits per heavy atom. The van der Waals surface area contributed by atoms with Crippen LogP contribution in [0.1, 0.15) is 27.7 Å². The third-order valence-electron chi connectivity index (χ3n) is 2.37. The molecule has 0 radical (unpaired) electrons. The Kier molecular flexibility index (Phi) is 5.52. The molecule has 0 saturated carbocycles. The van der Waals surface area contributed by atoms with Gasteiger partial charge in [-0.15, -0.1) is 0 Å². The first kappa shape index (κ1) is 12.9. The lowest BCUT2D eigenvalue weighted by molar-refractivity contribution is 0.246. The highest BCUT2D eigenvalue weighted by atomic mass is 28.4. The summed E-state index contributed by atoms with van der Waals surface area (Å²) in [6, 6.07) is 1.02. The highest BCUT2D eigenvalue weighted by Gasteiger charge is 2.37. The van der Waals surface area contributed by atoms with Gasteiger partial charge in [0.2, 0.25) is 0 Å². The molecule has 0 saturated heterocycles. The molecule has 0 aromatic carbocycles. The lowest BCUT2D eigenvalue weighted by Gasteiger charge is -2.29. The van der Waals surface area contributed by atoms with E-state index in [1.807, 2.05) is 6.92 Å². The monoisotopic (exact) mass is 202 g/mol. The zero-order valence-corrected chi connectivity index (χ0v) is 10.7. The van der Waals surface area contributed by atoms with E-state index in [0.29, 0.717) is 5.92 Å². The predicted octanol–water partition coefficient (Wildman–Crippen LogP) is 2.88. The summed E-state index contributed by atoms with van der Waals surface area (Å²) in [5, 5.41) is 1.27. The fourth-order valence-corrected chi connectivity index (χ4v) is 4.47. The topological polar surface area (TPSA) is 18.5 Å². The minimum atomic E-state index is -2.05. The minimum absolute atomic E-state index is 0.612. The van der Waals surface area contributed by atoms with Crippen molar-refractivity contribution < 1.29 is 8.85 Å². The summed E-state index contributed by atoms with van der Waals surface area (Å²) in [5.74, 6) is 0.612. The maximum atomic E-state index is 5.60. The number of rotatable bonds is 5. The molecule has 0 fully saturated rings. The summed E-state index contributed by atoms with van der Waals surface area (Å²) >= 11 is 0. The van der Waals surface area contributed by atoms with Crippen molar-refractivity contribution in [3.8, 4) is 0 Å². The zero-order valence-electron chi connectivity index (χ0n) is 9.68. The van der Waals surface area contributed by atoms with Crippen LogP contribution in [-0.4, -0.2) is 22.8 Å². The molecule has 0 aromatic heterocycles. The molecule has 13 heavy (non-hydrogen) atoms. The average molecular weight is 202 g/mol. The summed E-state index contributed by atoms with van der Waals surface area (Å²) < 4.78 is 11.2. The number of allylic oxidation sites excluding steroid dienone is 2. The van der Waals surface area contributed by atoms with Gasteiger partial charge in [-0.2, -0.15) is 0 Å². The van der Waals surface area contributed by atoms with Crippen molar-refractivity contribution in [2.45, 2.75) is 33.7 Å². The molecular formula is C10H22O2Si. The Morgan fingerprint density at radius 1 is 1.31 bits per heavy atom. The van der Waals surface area contributed by atoms with Crippen LogP contribution in [0.4, 0.5) is 0 Å². The highest BCUT2D eigenvalue weighted by molar-refractivity contribution is 6.74. The molecule has 0 spiro atoms. The van der Waals surface area contributed by atoms with Crippen molar-refractivity contribution in [2.75, 3.05) is 14.2 Å². The van der Waals surface area contributed by atoms with E-state index in [9.17, 15) is 0 Å². The number of hydrogen-bond donors (Lipinski definition) is 0. The van der Waals surface area contributed by atoms with Gasteiger partial charge < -0.3 is 8.85 Å². The molecule has 0 heterocycles. The molecule has 2 nitrogen and oxygen atoms in total. The second kappa shape index (κ2) is 5.57. The summed E-state index contributed by atoms with van der Waals surface area (Å²) in [4.78, 5) is 0. The lowest BCUT2D eigenvalue weighted by atomic mass is 10.3. The van der Waals surface area contributed by atoms with Gasteiger partial charge in [0, 0.05) is 14.2 Å². The summed E-state index contributed by atoms with van der Waals surface area (Å²) in [6.07, 6.45) is 2.10. The van der Waals surface area contributed by atoms with Crippen molar-refractivity contribution in [1.82, 2.24) is 0 Å². The first-order valence-electron chi connectivity index (χ1n) is 4.76. The molecule has 0 atom stereocenters. The third kappa shape index (κ3) is 3.25. The molecule has 0 aromatic rings. The van der Waals surface area contributed by atoms with Gasteiger partial charge in [0.1, 0.15) is 0 Å². The zero-order chi connectivity index (χ0) is 10.5. The van der Waals surface area contributed by atoms with Crippen molar-refractivity contribution in [1.29, 1.82) is 0 Å². The standard InChI is InChI=1S/C10H22O2Si/c1-7-10(4)13(11-5,12-6)8-9(2)3/h7,9H,8H2,1-6H3/b10-7-. The molecule has 78 valence electrons. The van der Waals surface area contributed by atoms with Crippen LogP contribution in [0.15, 0.2) is 11.3 Å². The van der Waals surface area contributed by atoms with Gasteiger partial charge in [-0.05, 0) is 31.0 Å². The van der Waals surface area contributed by atoms with Crippen LogP contribution in [0.2, 0.25) is 6.04 Å². The van der Waals surface area contributed by atoms with Crippen molar-refractivity contribution in [3.05, 3.63) is 11.3 Å². The van der Waals surface area contributed by atoms with Gasteiger partial charge in [-0.25, -0.2) is 0 Å². The largest absolute Gasteiger partial charge is 0.395 e. The van der Waals surface area contributed by atoms with E-state index in [1.54, 1.807) is 14.2 Å². The van der Waals surface area contributed by atoms with Crippen LogP contribution in [0.5, 0.6) is 0 Å². The Bertz CT molecular complexity index is 172. The second-order valence-corrected chi connectivity index (χ2v) is 7.25. The average Bonchev–Trinajstić information content (AvgIpc) is 2.12. The fourth-order valence-electron chi connectivity index (χ4n) is 1.49. The first-order chi connectivity index (χ1) is 6.02. The van der Waals surface area contributed by atoms with E-state index in [1.165, 1.54) is 5.20 Å². The Balaban J connectivity index is 4.69. The van der Waals surface area contributed by atoms with Crippen LogP contribution < -0.4 is 0 Å². The third-order valence-corrected chi connectivity index (χ3v) is 6.53. The molecule has 0 amide bonds. The van der Waals surface area contributed by atoms with Gasteiger partial charge in [0.15, 0.2) is 0 Å². The minimum Gasteiger partial charge on any atom is -0.395 e. The van der Waals surface area contributed by atoms with E-state index < -0.39 is 8.56 Å². The van der Waals surface area contributed by atoms with Crippen LogP contribution in [-0.2, 0) is 8.85 Å². The van der Waals surface area contributed by atoms with Crippen molar-refractivity contribution in [2.24, 2.45) is 5.92 Å². The van der Waals surface area contributed by atoms with Gasteiger partial charge in [-0.1, -0.05) is 19.9 Å². The Morgan fingerprint density at radius 2 is 1.77 bits per heavy atom. The smallest absolute Gasteiger partial charge is 0.367 e. The van der Waals surface area contributed by atoms with Crippen LogP contribution in [0.3, 0.4) is 0 Å². The van der Waals surface area contributed by atoms with E-state index in [4.69, 9.17) is 8.85 Å². The van der Waals surface area contributed by atoms with Crippen LogP contribution >= 0.6 is 0 Å². The number of hydrogen-bond acceptors (Lipinski definition) is 2. The molecule has 0 N–H and O–H groups in total. The van der Waals surface area contributed by atoms with E-state index in [0.717, 1.165) is 6.04 Å². The molecule has 0 rings (SSSR count). The van der Waals surface area contributed by atoms with Gasteiger partial charge in [0.25, 0.3) is 0 Å². The van der Waals surface area contributed by atoms with E-state index in [-0.39, 0.29) is 0 Å². The quantitative estimate of drug-likeness (QED) is 0.638. The summed E-state index contributed by atoms with van der Waals surface area (Å²) in [6.45, 7) is 8.53. The van der Waals surface area contributed by atoms with Gasteiger partial charge in [0.05, 0.1) is 0 Å². The Labute approximate surface area is 83.2 Å². The maximum absolute atomic E-state index is 5.60. The lowest BCUT2D eigenvalue weighted by Crippen LogP contribution is -2.43. The van der Waals surface area contributed by atoms with E-state index >= 15 is 0 Å².